The van der Waals surface area contributed by atoms with Crippen LogP contribution in [0.25, 0.3) is 0 Å². The molecule has 0 bridgehead atoms. The smallest absolute Gasteiger partial charge is 0.332 e. The highest BCUT2D eigenvalue weighted by Gasteiger charge is 2.23. The molecule has 0 aliphatic carbocycles. The summed E-state index contributed by atoms with van der Waals surface area (Å²) in [5.74, 6) is -2.07. The van der Waals surface area contributed by atoms with Gasteiger partial charge >= 0.3 is 13.6 Å². The van der Waals surface area contributed by atoms with E-state index in [9.17, 15) is 14.2 Å². The minimum absolute atomic E-state index is 0.214. The predicted molar refractivity (Wildman–Crippen MR) is 63.8 cm³/mol. The Balaban J connectivity index is 4.46. The van der Waals surface area contributed by atoms with Crippen molar-refractivity contribution in [2.24, 2.45) is 5.16 Å². The fourth-order valence-corrected chi connectivity index (χ4v) is 2.81. The zero-order chi connectivity index (χ0) is 14.3. The summed E-state index contributed by atoms with van der Waals surface area (Å²) in [4.78, 5) is 38.8. The average molecular weight is 300 g/mol. The zero-order valence-electron chi connectivity index (χ0n) is 9.31. The Kier molecular flexibility index (Phi) is 6.92. The van der Waals surface area contributed by atoms with Crippen molar-refractivity contribution in [2.75, 3.05) is 11.9 Å². The summed E-state index contributed by atoms with van der Waals surface area (Å²) in [5.41, 5.74) is 0. The molecule has 0 aliphatic heterocycles. The molecule has 0 aromatic carbocycles. The van der Waals surface area contributed by atoms with Crippen LogP contribution < -0.4 is 5.32 Å². The number of nitrogens with one attached hydrogen (secondary N) is 1. The van der Waals surface area contributed by atoms with Crippen molar-refractivity contribution in [3.8, 4) is 0 Å². The summed E-state index contributed by atoms with van der Waals surface area (Å²) in [7, 11) is -4.40. The van der Waals surface area contributed by atoms with Crippen molar-refractivity contribution in [1.29, 1.82) is 0 Å². The molecule has 11 heteroatoms. The van der Waals surface area contributed by atoms with E-state index in [1.807, 2.05) is 0 Å². The van der Waals surface area contributed by atoms with Gasteiger partial charge in [-0.25, -0.2) is 4.79 Å². The molecule has 0 aromatic rings. The van der Waals surface area contributed by atoms with Crippen LogP contribution in [-0.2, 0) is 14.2 Å². The fourth-order valence-electron chi connectivity index (χ4n) is 0.882. The van der Waals surface area contributed by atoms with Gasteiger partial charge in [0.15, 0.2) is 0 Å². The van der Waals surface area contributed by atoms with Crippen molar-refractivity contribution < 1.29 is 34.3 Å². The third-order valence-electron chi connectivity index (χ3n) is 1.54. The number of carboxylic acid groups (broad SMARTS) is 1. The van der Waals surface area contributed by atoms with E-state index < -0.39 is 31.7 Å². The van der Waals surface area contributed by atoms with Crippen LogP contribution in [0.1, 0.15) is 6.92 Å². The molecule has 0 unspecified atom stereocenters. The lowest BCUT2D eigenvalue weighted by Crippen LogP contribution is -2.41. The van der Waals surface area contributed by atoms with Crippen LogP contribution >= 0.6 is 19.4 Å². The van der Waals surface area contributed by atoms with E-state index >= 15 is 0 Å². The van der Waals surface area contributed by atoms with Gasteiger partial charge in [0.2, 0.25) is 5.91 Å². The van der Waals surface area contributed by atoms with E-state index in [1.54, 1.807) is 0 Å². The second-order valence-electron chi connectivity index (χ2n) is 3.22. The number of hydrogen-bond donors (Lipinski definition) is 5. The van der Waals surface area contributed by atoms with E-state index in [0.717, 1.165) is 6.92 Å². The van der Waals surface area contributed by atoms with Crippen LogP contribution in [0.3, 0.4) is 0 Å². The zero-order valence-corrected chi connectivity index (χ0v) is 11.0. The lowest BCUT2D eigenvalue weighted by molar-refractivity contribution is -0.140. The molecule has 1 atom stereocenters. The molecular weight excluding hydrogens is 287 g/mol. The maximum atomic E-state index is 10.7. The molecule has 0 saturated heterocycles. The average Bonchev–Trinajstić information content (AvgIpc) is 2.19. The molecule has 18 heavy (non-hydrogen) atoms. The quantitative estimate of drug-likeness (QED) is 0.141. The summed E-state index contributed by atoms with van der Waals surface area (Å²) in [6.45, 7) is 1.14. The summed E-state index contributed by atoms with van der Waals surface area (Å²) in [5, 5.41) is 21.8. The first-order valence-corrected chi connectivity index (χ1v) is 7.32. The molecule has 9 nitrogen and oxygen atoms in total. The number of oxime groups is 1. The summed E-state index contributed by atoms with van der Waals surface area (Å²) in [6.07, 6.45) is -0.791. The number of thioether (sulfide) groups is 1. The molecule has 104 valence electrons. The monoisotopic (exact) mass is 300 g/mol. The van der Waals surface area contributed by atoms with Gasteiger partial charge in [-0.3, -0.25) is 9.36 Å². The van der Waals surface area contributed by atoms with Gasteiger partial charge < -0.3 is 25.4 Å². The van der Waals surface area contributed by atoms with E-state index in [0.29, 0.717) is 11.8 Å². The Morgan fingerprint density at radius 3 is 2.33 bits per heavy atom. The number of carbonyl (C=O) groups excluding carboxylic acids is 1. The second kappa shape index (κ2) is 7.37. The van der Waals surface area contributed by atoms with Gasteiger partial charge in [0, 0.05) is 12.7 Å². The summed E-state index contributed by atoms with van der Waals surface area (Å²) < 4.78 is 10.7. The number of aliphatic carboxylic acids is 1. The third kappa shape index (κ3) is 8.07. The SMILES string of the molecule is CC(=O)N[C@@H](CS/C(CP(=O)(O)O)=N\O)C(=O)O. The van der Waals surface area contributed by atoms with E-state index in [4.69, 9.17) is 20.1 Å². The fraction of sp³-hybridized carbons (Fsp3) is 0.571. The van der Waals surface area contributed by atoms with Crippen LogP contribution in [0, 0.1) is 0 Å². The van der Waals surface area contributed by atoms with Crippen molar-refractivity contribution in [3.63, 3.8) is 0 Å². The van der Waals surface area contributed by atoms with Crippen molar-refractivity contribution >= 4 is 36.3 Å². The van der Waals surface area contributed by atoms with Crippen molar-refractivity contribution in [1.82, 2.24) is 5.32 Å². The first-order valence-electron chi connectivity index (χ1n) is 4.54. The topological polar surface area (TPSA) is 157 Å². The number of carboxylic acids is 1. The highest BCUT2D eigenvalue weighted by molar-refractivity contribution is 8.14. The molecule has 0 heterocycles. The third-order valence-corrected chi connectivity index (χ3v) is 3.53. The minimum Gasteiger partial charge on any atom is -0.480 e. The van der Waals surface area contributed by atoms with Gasteiger partial charge in [-0.05, 0) is 0 Å². The molecule has 1 amide bonds. The Hall–Kier alpha value is -1.09. The number of amides is 1. The molecule has 0 saturated carbocycles. The number of rotatable bonds is 6. The molecule has 0 aliphatic rings. The number of carbonyl (C=O) groups is 2. The van der Waals surface area contributed by atoms with E-state index in [-0.39, 0.29) is 10.8 Å². The van der Waals surface area contributed by atoms with Crippen LogP contribution in [0.15, 0.2) is 5.16 Å². The Morgan fingerprint density at radius 2 is 2.00 bits per heavy atom. The lowest BCUT2D eigenvalue weighted by atomic mass is 10.3. The summed E-state index contributed by atoms with van der Waals surface area (Å²) in [6, 6.07) is -1.24. The van der Waals surface area contributed by atoms with Crippen molar-refractivity contribution in [3.05, 3.63) is 0 Å². The highest BCUT2D eigenvalue weighted by atomic mass is 32.2. The molecule has 0 rings (SSSR count). The molecule has 0 fully saturated rings. The van der Waals surface area contributed by atoms with Gasteiger partial charge in [-0.15, -0.1) is 11.8 Å². The van der Waals surface area contributed by atoms with Crippen LogP contribution in [0.5, 0.6) is 0 Å². The predicted octanol–water partition coefficient (Wildman–Crippen LogP) is -0.726. The normalized spacial score (nSPS) is 14.1. The maximum Gasteiger partial charge on any atom is 0.332 e. The molecule has 5 N–H and O–H groups in total. The number of nitrogens with zero attached hydrogens (tertiary/aromatic N) is 1. The Morgan fingerprint density at radius 1 is 1.44 bits per heavy atom. The Labute approximate surface area is 106 Å². The maximum absolute atomic E-state index is 10.7. The van der Waals surface area contributed by atoms with Gasteiger partial charge in [-0.2, -0.15) is 0 Å². The molecule has 0 aromatic heterocycles. The van der Waals surface area contributed by atoms with E-state index in [2.05, 4.69) is 10.5 Å². The minimum atomic E-state index is -4.40. The van der Waals surface area contributed by atoms with Crippen LogP contribution in [0.2, 0.25) is 0 Å². The van der Waals surface area contributed by atoms with Gasteiger partial charge in [0.25, 0.3) is 0 Å². The van der Waals surface area contributed by atoms with Gasteiger partial charge in [-0.1, -0.05) is 5.16 Å². The van der Waals surface area contributed by atoms with E-state index in [1.165, 1.54) is 0 Å². The first-order chi connectivity index (χ1) is 8.15. The number of hydrogen-bond acceptors (Lipinski definition) is 6. The van der Waals surface area contributed by atoms with Crippen LogP contribution in [-0.4, -0.2) is 55.0 Å². The molecule has 0 spiro atoms. The lowest BCUT2D eigenvalue weighted by Gasteiger charge is -2.13. The standard InChI is InChI=1S/C7H13N2O7PS/c1-4(10)8-5(7(11)12)3-18-6(9-13)2-17(14,15)16/h5,13H,2-3H2,1H3,(H,8,10)(H,11,12)(H2,14,15,16)/b9-6-/t5-/m0/s1. The summed E-state index contributed by atoms with van der Waals surface area (Å²) >= 11 is 0.639. The molecule has 0 radical (unpaired) electrons. The van der Waals surface area contributed by atoms with Gasteiger partial charge in [0.05, 0.1) is 0 Å². The first kappa shape index (κ1) is 16.9. The van der Waals surface area contributed by atoms with Crippen molar-refractivity contribution in [2.45, 2.75) is 13.0 Å². The Bertz CT molecular complexity index is 393. The second-order valence-corrected chi connectivity index (χ2v) is 5.96. The highest BCUT2D eigenvalue weighted by Crippen LogP contribution is 2.35. The van der Waals surface area contributed by atoms with Crippen LogP contribution in [0.4, 0.5) is 0 Å². The largest absolute Gasteiger partial charge is 0.480 e. The molecular formula is C7H13N2O7PS. The van der Waals surface area contributed by atoms with Gasteiger partial charge in [0.1, 0.15) is 17.2 Å².